The van der Waals surface area contributed by atoms with E-state index in [1.54, 1.807) is 11.3 Å². The molecule has 2 N–H and O–H groups in total. The number of nitrogens with zero attached hydrogens (tertiary/aromatic N) is 1. The first-order chi connectivity index (χ1) is 10.0. The third kappa shape index (κ3) is 4.38. The Morgan fingerprint density at radius 2 is 1.81 bits per heavy atom. The summed E-state index contributed by atoms with van der Waals surface area (Å²) in [5.74, 6) is 0.0249. The van der Waals surface area contributed by atoms with Crippen molar-refractivity contribution in [3.05, 3.63) is 57.8 Å². The first-order valence-corrected chi connectivity index (χ1v) is 9.32. The topological polar surface area (TPSA) is 63.4 Å². The van der Waals surface area contributed by atoms with Crippen LogP contribution >= 0.6 is 11.3 Å². The van der Waals surface area contributed by atoms with Gasteiger partial charge in [0.1, 0.15) is 0 Å². The van der Waals surface area contributed by atoms with Crippen LogP contribution in [0.3, 0.4) is 0 Å². The Morgan fingerprint density at radius 3 is 2.33 bits per heavy atom. The van der Waals surface area contributed by atoms with Gasteiger partial charge in [-0.1, -0.05) is 37.3 Å². The van der Waals surface area contributed by atoms with Crippen LogP contribution < -0.4 is 5.73 Å². The smallest absolute Gasteiger partial charge is 0.218 e. The number of nitrogens with two attached hydrogens (primary N) is 1. The molecule has 0 saturated heterocycles. The fraction of sp³-hybridized carbons (Fsp3) is 0.333. The Labute approximate surface area is 130 Å². The number of hydrogen-bond acceptors (Lipinski definition) is 4. The molecule has 1 aromatic carbocycles. The van der Waals surface area contributed by atoms with E-state index >= 15 is 0 Å². The summed E-state index contributed by atoms with van der Waals surface area (Å²) in [5, 5.41) is 1.96. The zero-order valence-corrected chi connectivity index (χ0v) is 13.7. The lowest BCUT2D eigenvalue weighted by Gasteiger charge is -2.20. The summed E-state index contributed by atoms with van der Waals surface area (Å²) in [6.45, 7) is 3.24. The Hall–Kier alpha value is -1.21. The Morgan fingerprint density at radius 1 is 1.14 bits per heavy atom. The van der Waals surface area contributed by atoms with Gasteiger partial charge in [-0.05, 0) is 22.6 Å². The van der Waals surface area contributed by atoms with Gasteiger partial charge in [0, 0.05) is 24.5 Å². The maximum absolute atomic E-state index is 12.5. The lowest BCUT2D eigenvalue weighted by molar-refractivity contribution is 0.425. The van der Waals surface area contributed by atoms with Gasteiger partial charge in [0.05, 0.1) is 5.75 Å². The van der Waals surface area contributed by atoms with E-state index in [0.717, 1.165) is 16.0 Å². The zero-order valence-electron chi connectivity index (χ0n) is 12.0. The molecule has 0 bridgehead atoms. The lowest BCUT2D eigenvalue weighted by Crippen LogP contribution is -2.31. The van der Waals surface area contributed by atoms with Crippen LogP contribution in [0.4, 0.5) is 0 Å². The van der Waals surface area contributed by atoms with Crippen molar-refractivity contribution in [2.24, 2.45) is 5.73 Å². The quantitative estimate of drug-likeness (QED) is 0.851. The third-order valence-electron chi connectivity index (χ3n) is 3.27. The van der Waals surface area contributed by atoms with E-state index < -0.39 is 10.0 Å². The highest BCUT2D eigenvalue weighted by atomic mass is 32.2. The van der Waals surface area contributed by atoms with Gasteiger partial charge in [-0.3, -0.25) is 0 Å². The maximum atomic E-state index is 12.5. The van der Waals surface area contributed by atoms with E-state index in [4.69, 9.17) is 5.73 Å². The monoisotopic (exact) mass is 324 g/mol. The summed E-state index contributed by atoms with van der Waals surface area (Å²) < 4.78 is 26.6. The van der Waals surface area contributed by atoms with Crippen LogP contribution in [0.5, 0.6) is 0 Å². The van der Waals surface area contributed by atoms with Crippen LogP contribution in [0.25, 0.3) is 0 Å². The molecule has 0 aliphatic rings. The van der Waals surface area contributed by atoms with Crippen molar-refractivity contribution in [3.8, 4) is 0 Å². The fourth-order valence-corrected chi connectivity index (χ4v) is 4.38. The van der Waals surface area contributed by atoms with E-state index in [2.05, 4.69) is 0 Å². The number of benzene rings is 1. The van der Waals surface area contributed by atoms with Crippen LogP contribution in [0.1, 0.15) is 22.9 Å². The Kier molecular flexibility index (Phi) is 5.52. The summed E-state index contributed by atoms with van der Waals surface area (Å²) in [5.41, 5.74) is 7.34. The summed E-state index contributed by atoms with van der Waals surface area (Å²) in [4.78, 5) is 1.05. The zero-order chi connectivity index (χ0) is 15.3. The molecule has 0 atom stereocenters. The highest BCUT2D eigenvalue weighted by Gasteiger charge is 2.21. The SMILES string of the molecule is CCN(Cc1cccs1)S(=O)(=O)Cc1ccc(CN)cc1. The van der Waals surface area contributed by atoms with Crippen LogP contribution in [0, 0.1) is 0 Å². The summed E-state index contributed by atoms with van der Waals surface area (Å²) in [7, 11) is -3.31. The number of rotatable bonds is 7. The van der Waals surface area contributed by atoms with Gasteiger partial charge in [-0.25, -0.2) is 8.42 Å². The molecule has 0 fully saturated rings. The number of thiophene rings is 1. The Bertz CT molecular complexity index is 649. The molecule has 0 unspecified atom stereocenters. The van der Waals surface area contributed by atoms with Crippen molar-refractivity contribution in [3.63, 3.8) is 0 Å². The average Bonchev–Trinajstić information content (AvgIpc) is 2.98. The molecule has 2 aromatic rings. The highest BCUT2D eigenvalue weighted by molar-refractivity contribution is 7.88. The predicted octanol–water partition coefficient (Wildman–Crippen LogP) is 2.56. The van der Waals surface area contributed by atoms with Crippen LogP contribution in [0.2, 0.25) is 0 Å². The second-order valence-electron chi connectivity index (χ2n) is 4.78. The van der Waals surface area contributed by atoms with E-state index in [-0.39, 0.29) is 5.75 Å². The van der Waals surface area contributed by atoms with Gasteiger partial charge >= 0.3 is 0 Å². The molecular formula is C15H20N2O2S2. The molecule has 1 heterocycles. The second-order valence-corrected chi connectivity index (χ2v) is 7.78. The average molecular weight is 324 g/mol. The van der Waals surface area contributed by atoms with Crippen molar-refractivity contribution in [2.75, 3.05) is 6.54 Å². The standard InChI is InChI=1S/C15H20N2O2S2/c1-2-17(11-15-4-3-9-20-15)21(18,19)12-14-7-5-13(10-16)6-8-14/h3-9H,2,10-12,16H2,1H3. The van der Waals surface area contributed by atoms with Crippen molar-refractivity contribution >= 4 is 21.4 Å². The van der Waals surface area contributed by atoms with Crippen molar-refractivity contribution < 1.29 is 8.42 Å². The number of sulfonamides is 1. The maximum Gasteiger partial charge on any atom is 0.218 e. The molecule has 0 aliphatic heterocycles. The lowest BCUT2D eigenvalue weighted by atomic mass is 10.1. The molecule has 21 heavy (non-hydrogen) atoms. The molecule has 0 amide bonds. The minimum Gasteiger partial charge on any atom is -0.326 e. The van der Waals surface area contributed by atoms with Crippen molar-refractivity contribution in [1.29, 1.82) is 0 Å². The van der Waals surface area contributed by atoms with E-state index in [9.17, 15) is 8.42 Å². The predicted molar refractivity (Wildman–Crippen MR) is 87.4 cm³/mol. The third-order valence-corrected chi connectivity index (χ3v) is 6.00. The molecule has 0 saturated carbocycles. The molecule has 1 aromatic heterocycles. The van der Waals surface area contributed by atoms with Gasteiger partial charge in [-0.2, -0.15) is 4.31 Å². The Balaban J connectivity index is 2.11. The first-order valence-electron chi connectivity index (χ1n) is 6.83. The van der Waals surface area contributed by atoms with Gasteiger partial charge in [0.15, 0.2) is 0 Å². The normalized spacial score (nSPS) is 12.0. The van der Waals surface area contributed by atoms with Crippen LogP contribution in [-0.2, 0) is 28.9 Å². The molecular weight excluding hydrogens is 304 g/mol. The molecule has 0 radical (unpaired) electrons. The summed E-state index contributed by atoms with van der Waals surface area (Å²) >= 11 is 1.57. The molecule has 0 spiro atoms. The summed E-state index contributed by atoms with van der Waals surface area (Å²) in [6.07, 6.45) is 0. The van der Waals surface area contributed by atoms with Crippen LogP contribution in [0.15, 0.2) is 41.8 Å². The van der Waals surface area contributed by atoms with E-state index in [1.807, 2.05) is 48.7 Å². The van der Waals surface area contributed by atoms with Gasteiger partial charge in [-0.15, -0.1) is 11.3 Å². The van der Waals surface area contributed by atoms with Gasteiger partial charge < -0.3 is 5.73 Å². The first kappa shape index (κ1) is 16.2. The largest absolute Gasteiger partial charge is 0.326 e. The second kappa shape index (κ2) is 7.17. The highest BCUT2D eigenvalue weighted by Crippen LogP contribution is 2.17. The molecule has 4 nitrogen and oxygen atoms in total. The minimum atomic E-state index is -3.31. The van der Waals surface area contributed by atoms with Crippen molar-refractivity contribution in [2.45, 2.75) is 25.8 Å². The van der Waals surface area contributed by atoms with Gasteiger partial charge in [0.2, 0.25) is 10.0 Å². The van der Waals surface area contributed by atoms with Crippen LogP contribution in [-0.4, -0.2) is 19.3 Å². The van der Waals surface area contributed by atoms with Crippen molar-refractivity contribution in [1.82, 2.24) is 4.31 Å². The fourth-order valence-electron chi connectivity index (χ4n) is 2.06. The number of hydrogen-bond donors (Lipinski definition) is 1. The van der Waals surface area contributed by atoms with E-state index in [1.165, 1.54) is 4.31 Å². The van der Waals surface area contributed by atoms with Gasteiger partial charge in [0.25, 0.3) is 0 Å². The molecule has 0 aliphatic carbocycles. The molecule has 114 valence electrons. The minimum absolute atomic E-state index is 0.0249. The molecule has 2 rings (SSSR count). The molecule has 6 heteroatoms. The van der Waals surface area contributed by atoms with E-state index in [0.29, 0.717) is 19.6 Å². The summed E-state index contributed by atoms with van der Waals surface area (Å²) in [6, 6.07) is 11.3.